The molecule has 1 N–H and O–H groups in total. The zero-order chi connectivity index (χ0) is 7.40. The van der Waals surface area contributed by atoms with Crippen molar-refractivity contribution in [1.29, 1.82) is 0 Å². The first-order valence-corrected chi connectivity index (χ1v) is 3.15. The fourth-order valence-corrected chi connectivity index (χ4v) is 0.699. The highest BCUT2D eigenvalue weighted by Crippen LogP contribution is 2.04. The zero-order valence-corrected chi connectivity index (χ0v) is 5.70. The Kier molecular flexibility index (Phi) is 2.10. The van der Waals surface area contributed by atoms with E-state index in [1.54, 1.807) is 10.9 Å². The highest BCUT2D eigenvalue weighted by atomic mass is 16.3. The standard InChI is InChI=1S/C7H10N2O/c1-2-3-4-9-6-7(10)5-8-9/h2,5-6,10H,1,3-4H2. The Labute approximate surface area is 59.6 Å². The van der Waals surface area contributed by atoms with Gasteiger partial charge in [-0.1, -0.05) is 6.08 Å². The van der Waals surface area contributed by atoms with Gasteiger partial charge in [0.2, 0.25) is 0 Å². The Morgan fingerprint density at radius 1 is 1.80 bits per heavy atom. The summed E-state index contributed by atoms with van der Waals surface area (Å²) in [6.45, 7) is 4.36. The van der Waals surface area contributed by atoms with E-state index in [9.17, 15) is 0 Å². The lowest BCUT2D eigenvalue weighted by Crippen LogP contribution is -1.95. The van der Waals surface area contributed by atoms with E-state index in [4.69, 9.17) is 5.11 Å². The molecular weight excluding hydrogens is 128 g/mol. The minimum atomic E-state index is 0.212. The number of aromatic nitrogens is 2. The zero-order valence-electron chi connectivity index (χ0n) is 5.70. The van der Waals surface area contributed by atoms with Crippen molar-refractivity contribution in [2.75, 3.05) is 0 Å². The average Bonchev–Trinajstić information content (AvgIpc) is 2.31. The molecule has 1 aromatic heterocycles. The molecule has 3 heteroatoms. The highest BCUT2D eigenvalue weighted by Gasteiger charge is 1.91. The predicted molar refractivity (Wildman–Crippen MR) is 38.7 cm³/mol. The van der Waals surface area contributed by atoms with Crippen LogP contribution in [0.3, 0.4) is 0 Å². The maximum atomic E-state index is 8.84. The van der Waals surface area contributed by atoms with Crippen molar-refractivity contribution >= 4 is 0 Å². The normalized spacial score (nSPS) is 9.60. The van der Waals surface area contributed by atoms with Crippen molar-refractivity contribution < 1.29 is 5.11 Å². The summed E-state index contributed by atoms with van der Waals surface area (Å²) in [6.07, 6.45) is 5.70. The van der Waals surface area contributed by atoms with E-state index in [0.717, 1.165) is 13.0 Å². The summed E-state index contributed by atoms with van der Waals surface area (Å²) >= 11 is 0. The second-order valence-electron chi connectivity index (χ2n) is 2.04. The second kappa shape index (κ2) is 3.06. The number of aromatic hydroxyl groups is 1. The number of aryl methyl sites for hydroxylation is 1. The van der Waals surface area contributed by atoms with Crippen molar-refractivity contribution in [3.63, 3.8) is 0 Å². The van der Waals surface area contributed by atoms with E-state index in [-0.39, 0.29) is 5.75 Å². The molecular formula is C7H10N2O. The SMILES string of the molecule is C=CCCn1cc(O)cn1. The smallest absolute Gasteiger partial charge is 0.153 e. The Morgan fingerprint density at radius 2 is 2.60 bits per heavy atom. The Bertz CT molecular complexity index is 217. The summed E-state index contributed by atoms with van der Waals surface area (Å²) in [6, 6.07) is 0. The molecule has 0 unspecified atom stereocenters. The van der Waals surface area contributed by atoms with Crippen LogP contribution in [0.15, 0.2) is 25.0 Å². The third-order valence-corrected chi connectivity index (χ3v) is 1.18. The van der Waals surface area contributed by atoms with Gasteiger partial charge in [-0.25, -0.2) is 0 Å². The predicted octanol–water partition coefficient (Wildman–Crippen LogP) is 1.16. The maximum Gasteiger partial charge on any atom is 0.153 e. The van der Waals surface area contributed by atoms with Crippen LogP contribution in [-0.2, 0) is 6.54 Å². The van der Waals surface area contributed by atoms with E-state index in [1.807, 2.05) is 6.08 Å². The number of hydrogen-bond acceptors (Lipinski definition) is 2. The van der Waals surface area contributed by atoms with Crippen molar-refractivity contribution in [1.82, 2.24) is 9.78 Å². The Hall–Kier alpha value is -1.25. The first kappa shape index (κ1) is 6.86. The summed E-state index contributed by atoms with van der Waals surface area (Å²) in [5.74, 6) is 0.212. The third-order valence-electron chi connectivity index (χ3n) is 1.18. The third kappa shape index (κ3) is 1.62. The quantitative estimate of drug-likeness (QED) is 0.636. The van der Waals surface area contributed by atoms with Crippen molar-refractivity contribution in [3.05, 3.63) is 25.0 Å². The fraction of sp³-hybridized carbons (Fsp3) is 0.286. The van der Waals surface area contributed by atoms with E-state index in [2.05, 4.69) is 11.7 Å². The fourth-order valence-electron chi connectivity index (χ4n) is 0.699. The molecule has 1 rings (SSSR count). The second-order valence-corrected chi connectivity index (χ2v) is 2.04. The number of hydrogen-bond donors (Lipinski definition) is 1. The number of rotatable bonds is 3. The van der Waals surface area contributed by atoms with Gasteiger partial charge < -0.3 is 5.11 Å². The summed E-state index contributed by atoms with van der Waals surface area (Å²) in [4.78, 5) is 0. The van der Waals surface area contributed by atoms with Gasteiger partial charge in [0.25, 0.3) is 0 Å². The Balaban J connectivity index is 2.49. The molecule has 0 aliphatic carbocycles. The van der Waals surface area contributed by atoms with Gasteiger partial charge in [0.1, 0.15) is 0 Å². The molecule has 0 aromatic carbocycles. The van der Waals surface area contributed by atoms with Gasteiger partial charge in [-0.05, 0) is 6.42 Å². The van der Waals surface area contributed by atoms with Crippen LogP contribution < -0.4 is 0 Å². The first-order valence-electron chi connectivity index (χ1n) is 3.15. The Morgan fingerprint density at radius 3 is 3.10 bits per heavy atom. The summed E-state index contributed by atoms with van der Waals surface area (Å²) in [5.41, 5.74) is 0. The van der Waals surface area contributed by atoms with Gasteiger partial charge in [0.05, 0.1) is 12.4 Å². The van der Waals surface area contributed by atoms with Crippen LogP contribution in [0.4, 0.5) is 0 Å². The van der Waals surface area contributed by atoms with Crippen LogP contribution in [0.5, 0.6) is 5.75 Å². The number of nitrogens with zero attached hydrogens (tertiary/aromatic N) is 2. The molecule has 10 heavy (non-hydrogen) atoms. The van der Waals surface area contributed by atoms with Gasteiger partial charge >= 0.3 is 0 Å². The summed E-state index contributed by atoms with van der Waals surface area (Å²) in [5, 5.41) is 12.7. The molecule has 0 bridgehead atoms. The topological polar surface area (TPSA) is 38.0 Å². The molecule has 0 spiro atoms. The van der Waals surface area contributed by atoms with Crippen LogP contribution in [-0.4, -0.2) is 14.9 Å². The molecule has 0 saturated heterocycles. The van der Waals surface area contributed by atoms with Crippen molar-refractivity contribution in [2.45, 2.75) is 13.0 Å². The van der Waals surface area contributed by atoms with E-state index in [0.29, 0.717) is 0 Å². The van der Waals surface area contributed by atoms with Crippen LogP contribution in [0, 0.1) is 0 Å². The van der Waals surface area contributed by atoms with Crippen LogP contribution in [0.2, 0.25) is 0 Å². The lowest BCUT2D eigenvalue weighted by atomic mass is 10.4. The van der Waals surface area contributed by atoms with Crippen LogP contribution in [0.25, 0.3) is 0 Å². The molecule has 1 heterocycles. The van der Waals surface area contributed by atoms with E-state index < -0.39 is 0 Å². The lowest BCUT2D eigenvalue weighted by molar-refractivity contribution is 0.473. The largest absolute Gasteiger partial charge is 0.505 e. The van der Waals surface area contributed by atoms with Gasteiger partial charge in [-0.3, -0.25) is 4.68 Å². The monoisotopic (exact) mass is 138 g/mol. The minimum absolute atomic E-state index is 0.212. The molecule has 1 aromatic rings. The molecule has 3 nitrogen and oxygen atoms in total. The van der Waals surface area contributed by atoms with E-state index >= 15 is 0 Å². The van der Waals surface area contributed by atoms with E-state index in [1.165, 1.54) is 6.20 Å². The number of allylic oxidation sites excluding steroid dienone is 1. The molecule has 0 saturated carbocycles. The van der Waals surface area contributed by atoms with Crippen molar-refractivity contribution in [3.8, 4) is 5.75 Å². The van der Waals surface area contributed by atoms with Gasteiger partial charge in [0.15, 0.2) is 5.75 Å². The van der Waals surface area contributed by atoms with Crippen molar-refractivity contribution in [2.24, 2.45) is 0 Å². The molecule has 0 atom stereocenters. The lowest BCUT2D eigenvalue weighted by Gasteiger charge is -1.93. The first-order chi connectivity index (χ1) is 4.83. The van der Waals surface area contributed by atoms with Gasteiger partial charge in [-0.15, -0.1) is 6.58 Å². The average molecular weight is 138 g/mol. The summed E-state index contributed by atoms with van der Waals surface area (Å²) in [7, 11) is 0. The molecule has 0 fully saturated rings. The molecule has 0 amide bonds. The van der Waals surface area contributed by atoms with Gasteiger partial charge in [-0.2, -0.15) is 5.10 Å². The van der Waals surface area contributed by atoms with Crippen LogP contribution in [0.1, 0.15) is 6.42 Å². The minimum Gasteiger partial charge on any atom is -0.505 e. The molecule has 0 aliphatic heterocycles. The summed E-state index contributed by atoms with van der Waals surface area (Å²) < 4.78 is 1.68. The molecule has 54 valence electrons. The van der Waals surface area contributed by atoms with Crippen LogP contribution >= 0.6 is 0 Å². The highest BCUT2D eigenvalue weighted by molar-refractivity contribution is 5.08. The maximum absolute atomic E-state index is 8.84. The molecule has 0 radical (unpaired) electrons. The molecule has 0 aliphatic rings. The van der Waals surface area contributed by atoms with Gasteiger partial charge in [0, 0.05) is 6.54 Å².